The van der Waals surface area contributed by atoms with Gasteiger partial charge in [0.15, 0.2) is 52.6 Å². The molecule has 4 saturated heterocycles. The molecule has 0 bridgehead atoms. The number of nitrogens with two attached hydrogens (primary N) is 4. The number of phosphoric acid groups is 4. The van der Waals surface area contributed by atoms with Crippen molar-refractivity contribution in [2.24, 2.45) is 7.05 Å². The second-order valence-electron chi connectivity index (χ2n) is 21.5. The Bertz CT molecular complexity index is 4830. The minimum Gasteiger partial charge on any atom is -0.780 e. The Morgan fingerprint density at radius 2 is 1.12 bits per heavy atom. The lowest BCUT2D eigenvalue weighted by Crippen LogP contribution is -2.46. The van der Waals surface area contributed by atoms with Crippen LogP contribution in [-0.4, -0.2) is 205 Å². The predicted molar refractivity (Wildman–Crippen MR) is 314 cm³/mol. The number of aromatic amines is 3. The summed E-state index contributed by atoms with van der Waals surface area (Å²) in [6.07, 6.45) is -20.0. The number of nitrogen functional groups attached to an aromatic ring is 4. The summed E-state index contributed by atoms with van der Waals surface area (Å²) < 4.78 is 121. The highest BCUT2D eigenvalue weighted by molar-refractivity contribution is 8.06. The number of rotatable bonds is 25. The number of hydrogen-bond acceptors (Lipinski definition) is 43. The number of methoxy groups -OCH3 is 1. The fourth-order valence-corrected chi connectivity index (χ4v) is 18.4. The number of ether oxygens (including phenoxy) is 4. The van der Waals surface area contributed by atoms with Gasteiger partial charge in [-0.3, -0.25) is 65.9 Å². The number of aromatic nitrogens is 16. The molecule has 534 valence electrons. The highest BCUT2D eigenvalue weighted by Crippen LogP contribution is 2.63. The first kappa shape index (κ1) is 71.7. The number of hydrogen-bond donors (Lipinski definition) is 12. The number of imidazole rings is 4. The number of aliphatic hydroxyl groups is 5. The van der Waals surface area contributed by atoms with Gasteiger partial charge in [-0.1, -0.05) is 16.8 Å². The summed E-state index contributed by atoms with van der Waals surface area (Å²) in [5.41, 5.74) is 19.6. The molecule has 8 aromatic rings. The molecule has 4 aliphatic heterocycles. The zero-order valence-electron chi connectivity index (χ0n) is 49.2. The minimum atomic E-state index is -6.67. The molecule has 98 heavy (non-hydrogen) atoms. The molecule has 0 amide bonds. The van der Waals surface area contributed by atoms with E-state index < -0.39 is 184 Å². The molecule has 21 unspecified atom stereocenters. The summed E-state index contributed by atoms with van der Waals surface area (Å²) in [6.45, 7) is -10.0. The minimum absolute atomic E-state index is 0.0195. The number of nitrogens with zero attached hydrogens (tertiary/aromatic N) is 13. The van der Waals surface area contributed by atoms with Crippen LogP contribution in [0.25, 0.3) is 44.7 Å². The topological polar surface area (TPSA) is 725 Å². The smallest absolute Gasteiger partial charge is 0.313 e. The average Bonchev–Trinajstić information content (AvgIpc) is 1.62. The van der Waals surface area contributed by atoms with Crippen molar-refractivity contribution < 1.29 is 128 Å². The second-order valence-corrected chi connectivity index (χ2v) is 31.5. The number of phosphoric ester groups is 3. The van der Waals surface area contributed by atoms with Gasteiger partial charge in [-0.2, -0.15) is 9.97 Å². The standard InChI is InChI=1S/C42H55N20O29P5S2/c1-58-11-62(32-19(58)35(70)57-42(46)54-32)37-23(66)21(64)13(86-37)4-82-93(73,74)90-95(77,78)91-94(75,76)83-5-14-25(27(80-2)38(87-14)59-8-49-16-28(43)47-7-48-29(16)59)89-96(79,97)84-6-15-26(24(67)39(98-15)61-10-51-18-31(61)53-41(45)56-34(18)69)88-92(71,72)81-3-12-20(63)22(65)36(85-12)60-9-50-17-30(60)52-40(44)55-33(17)68/h7-15,20-27,36-39,63-67H,3-6H2,1-2H3,(H15-,43,44,45,46,47,48,52,53,54,55,56,57,68,69,70,71,72,73,74,75,76,77,78,79,97)/p-4. The summed E-state index contributed by atoms with van der Waals surface area (Å²) in [7, 11) is -22.7. The van der Waals surface area contributed by atoms with Gasteiger partial charge in [-0.25, -0.2) is 38.1 Å². The van der Waals surface area contributed by atoms with Crippen molar-refractivity contribution in [3.63, 3.8) is 0 Å². The van der Waals surface area contributed by atoms with Crippen molar-refractivity contribution >= 4 is 130 Å². The maximum absolute atomic E-state index is 14.6. The molecule has 56 heteroatoms. The predicted octanol–water partition coefficient (Wildman–Crippen LogP) is -8.56. The van der Waals surface area contributed by atoms with Crippen LogP contribution in [0, 0.1) is 0 Å². The van der Waals surface area contributed by atoms with Crippen LogP contribution in [0.4, 0.5) is 23.7 Å². The van der Waals surface area contributed by atoms with Gasteiger partial charge in [0, 0.05) is 7.11 Å². The lowest BCUT2D eigenvalue weighted by atomic mass is 10.1. The van der Waals surface area contributed by atoms with Gasteiger partial charge in [0.2, 0.25) is 23.6 Å². The summed E-state index contributed by atoms with van der Waals surface area (Å²) in [5.74, 6) is -1.26. The molecule has 4 fully saturated rings. The Morgan fingerprint density at radius 3 is 1.76 bits per heavy atom. The van der Waals surface area contributed by atoms with E-state index in [9.17, 15) is 82.6 Å². The fourth-order valence-electron chi connectivity index (χ4n) is 10.9. The van der Waals surface area contributed by atoms with E-state index in [0.29, 0.717) is 11.8 Å². The molecule has 0 aliphatic carbocycles. The van der Waals surface area contributed by atoms with Crippen LogP contribution in [0.15, 0.2) is 46.0 Å². The number of H-pyrrole nitrogens is 3. The van der Waals surface area contributed by atoms with Crippen LogP contribution in [0.5, 0.6) is 0 Å². The maximum Gasteiger partial charge on any atom is 0.313 e. The molecule has 0 saturated carbocycles. The van der Waals surface area contributed by atoms with Crippen molar-refractivity contribution in [2.75, 3.05) is 56.5 Å². The van der Waals surface area contributed by atoms with Gasteiger partial charge < -0.3 is 119 Å². The molecular weight excluding hydrogens is 1470 g/mol. The van der Waals surface area contributed by atoms with Gasteiger partial charge >= 0.3 is 5.65 Å². The molecule has 49 nitrogen and oxygen atoms in total. The first-order valence-electron chi connectivity index (χ1n) is 27.6. The highest BCUT2D eigenvalue weighted by atomic mass is 32.5. The zero-order chi connectivity index (χ0) is 70.6. The lowest BCUT2D eigenvalue weighted by molar-refractivity contribution is -0.745. The average molecular weight is 1520 g/mol. The second kappa shape index (κ2) is 27.0. The van der Waals surface area contributed by atoms with Crippen molar-refractivity contribution in [1.29, 1.82) is 0 Å². The van der Waals surface area contributed by atoms with Gasteiger partial charge in [-0.15, -0.1) is 11.8 Å². The largest absolute Gasteiger partial charge is 0.780 e. The summed E-state index contributed by atoms with van der Waals surface area (Å²) in [5, 5.41) is 52.5. The van der Waals surface area contributed by atoms with E-state index in [0.717, 1.165) is 50.7 Å². The number of fused-ring (bicyclic) bond motifs is 4. The van der Waals surface area contributed by atoms with Gasteiger partial charge in [0.05, 0.1) is 57.7 Å². The van der Waals surface area contributed by atoms with Gasteiger partial charge in [0.1, 0.15) is 91.1 Å². The molecule has 16 N–H and O–H groups in total. The Hall–Kier alpha value is -6.16. The van der Waals surface area contributed by atoms with Crippen LogP contribution >= 0.6 is 49.8 Å². The van der Waals surface area contributed by atoms with Crippen LogP contribution in [-0.2, 0) is 91.8 Å². The molecule has 0 radical (unpaired) electrons. The number of aliphatic hydroxyl groups excluding tert-OH is 5. The van der Waals surface area contributed by atoms with Gasteiger partial charge in [-0.05, 0) is 0 Å². The van der Waals surface area contributed by atoms with Crippen molar-refractivity contribution in [3.05, 3.63) is 62.7 Å². The molecule has 21 atom stereocenters. The van der Waals surface area contributed by atoms with E-state index in [1.165, 1.54) is 17.9 Å². The normalized spacial score (nSPS) is 30.7. The van der Waals surface area contributed by atoms with E-state index in [1.54, 1.807) is 0 Å². The van der Waals surface area contributed by atoms with E-state index >= 15 is 0 Å². The van der Waals surface area contributed by atoms with Gasteiger partial charge in [0.25, 0.3) is 53.9 Å². The molecule has 0 spiro atoms. The fraction of sp³-hybridized carbons (Fsp3) is 0.524. The van der Waals surface area contributed by atoms with Crippen LogP contribution in [0.3, 0.4) is 0 Å². The third-order valence-electron chi connectivity index (χ3n) is 15.2. The zero-order valence-corrected chi connectivity index (χ0v) is 55.3. The Kier molecular flexibility index (Phi) is 19.7. The van der Waals surface area contributed by atoms with E-state index in [1.807, 2.05) is 0 Å². The summed E-state index contributed by atoms with van der Waals surface area (Å²) in [4.78, 5) is 144. The first-order chi connectivity index (χ1) is 46.0. The van der Waals surface area contributed by atoms with Crippen LogP contribution < -0.4 is 68.6 Å². The lowest BCUT2D eigenvalue weighted by Gasteiger charge is -2.36. The number of aryl methyl sites for hydroxylation is 1. The van der Waals surface area contributed by atoms with E-state index in [2.05, 4.69) is 68.0 Å². The van der Waals surface area contributed by atoms with Crippen molar-refractivity contribution in [1.82, 2.24) is 73.1 Å². The molecule has 0 aromatic carbocycles. The Balaban J connectivity index is 0.740. The number of anilines is 4. The summed E-state index contributed by atoms with van der Waals surface area (Å²) in [6, 6.07) is 0. The molecule has 4 aliphatic rings. The SMILES string of the molecule is COC1C(OP([O-])(=S)OCC2SC(n3cnc4c(=O)[nH]c(N)nc43)C(O)C2OP(=O)([O-])OCC2OC(n3cnc4c(=O)[nH]c(N)nc43)C(O)C2O)C(COP(=O)([O-])OP(=O)([O-])OP(=O)([O-])OCC2OC([n+]3cn(C)c4c(=O)[nH]c(N)nc43)C(O)C2O)OC1n1cnc2c(N)ncnc21. The Labute approximate surface area is 551 Å². The summed E-state index contributed by atoms with van der Waals surface area (Å²) >= 11 is 5.94. The first-order valence-corrected chi connectivity index (χ1v) is 37.0. The van der Waals surface area contributed by atoms with E-state index in [-0.39, 0.29) is 62.4 Å². The number of nitrogens with one attached hydrogen (secondary N) is 3. The van der Waals surface area contributed by atoms with Crippen molar-refractivity contribution in [2.45, 2.75) is 96.5 Å². The van der Waals surface area contributed by atoms with E-state index in [4.69, 9.17) is 76.3 Å². The quantitative estimate of drug-likeness (QED) is 0.0187. The third kappa shape index (κ3) is 14.3. The maximum atomic E-state index is 14.6. The van der Waals surface area contributed by atoms with Crippen molar-refractivity contribution in [3.8, 4) is 0 Å². The van der Waals surface area contributed by atoms with Crippen LogP contribution in [0.2, 0.25) is 0 Å². The third-order valence-corrected chi connectivity index (χ3v) is 23.4. The molecule has 12 heterocycles. The van der Waals surface area contributed by atoms with Crippen LogP contribution in [0.1, 0.15) is 24.1 Å². The monoisotopic (exact) mass is 1520 g/mol. The number of thioether (sulfide) groups is 1. The highest BCUT2D eigenvalue weighted by Gasteiger charge is 2.53. The Morgan fingerprint density at radius 1 is 0.592 bits per heavy atom. The molecule has 12 rings (SSSR count). The molecular formula is C42H51N20O29P5S2-4. The molecule has 8 aromatic heterocycles.